The second-order valence-corrected chi connectivity index (χ2v) is 2.79. The molecule has 0 fully saturated rings. The van der Waals surface area contributed by atoms with Gasteiger partial charge in [-0.3, -0.25) is 0 Å². The van der Waals surface area contributed by atoms with Gasteiger partial charge in [-0.1, -0.05) is 30.3 Å². The minimum atomic E-state index is 0. The van der Waals surface area contributed by atoms with E-state index in [0.29, 0.717) is 12.5 Å². The minimum Gasteiger partial charge on any atom is -0.367 e. The van der Waals surface area contributed by atoms with Gasteiger partial charge in [-0.25, -0.2) is 9.67 Å². The van der Waals surface area contributed by atoms with Gasteiger partial charge >= 0.3 is 0 Å². The molecule has 0 saturated carbocycles. The quantitative estimate of drug-likeness (QED) is 0.814. The Morgan fingerprint density at radius 1 is 1.21 bits per heavy atom. The third kappa shape index (κ3) is 2.47. The van der Waals surface area contributed by atoms with Crippen molar-refractivity contribution in [1.29, 1.82) is 0 Å². The Labute approximate surface area is 88.2 Å². The summed E-state index contributed by atoms with van der Waals surface area (Å²) in [5.74, 6) is 0.316. The molecule has 0 amide bonds. The standard InChI is InChI=1S/C9H10N4.ClH/c10-9-11-7-13(12-9)6-8-4-2-1-3-5-8;/h1-5,7H,6H2,(H2,10,12);1H. The maximum atomic E-state index is 5.39. The third-order valence-electron chi connectivity index (χ3n) is 1.74. The third-order valence-corrected chi connectivity index (χ3v) is 1.74. The van der Waals surface area contributed by atoms with Crippen LogP contribution in [-0.2, 0) is 6.54 Å². The summed E-state index contributed by atoms with van der Waals surface area (Å²) in [5, 5.41) is 3.99. The number of aromatic nitrogens is 3. The van der Waals surface area contributed by atoms with Gasteiger partial charge in [0.1, 0.15) is 6.33 Å². The number of nitrogens with zero attached hydrogens (tertiary/aromatic N) is 3. The lowest BCUT2D eigenvalue weighted by Crippen LogP contribution is -2.00. The number of halogens is 1. The molecule has 74 valence electrons. The molecule has 0 aliphatic rings. The lowest BCUT2D eigenvalue weighted by atomic mass is 10.2. The van der Waals surface area contributed by atoms with Crippen LogP contribution in [0.2, 0.25) is 0 Å². The zero-order chi connectivity index (χ0) is 9.10. The molecule has 14 heavy (non-hydrogen) atoms. The molecule has 0 radical (unpaired) electrons. The van der Waals surface area contributed by atoms with Gasteiger partial charge in [-0.2, -0.15) is 0 Å². The van der Waals surface area contributed by atoms with Crippen molar-refractivity contribution in [2.75, 3.05) is 5.73 Å². The average Bonchev–Trinajstić information content (AvgIpc) is 2.53. The Bertz CT molecular complexity index is 385. The number of nitrogen functional groups attached to an aromatic ring is 1. The van der Waals surface area contributed by atoms with Crippen LogP contribution >= 0.6 is 12.4 Å². The van der Waals surface area contributed by atoms with E-state index in [9.17, 15) is 0 Å². The zero-order valence-electron chi connectivity index (χ0n) is 7.50. The maximum absolute atomic E-state index is 5.39. The molecule has 2 aromatic rings. The van der Waals surface area contributed by atoms with Crippen molar-refractivity contribution in [1.82, 2.24) is 14.8 Å². The summed E-state index contributed by atoms with van der Waals surface area (Å²) >= 11 is 0. The van der Waals surface area contributed by atoms with E-state index < -0.39 is 0 Å². The Morgan fingerprint density at radius 3 is 2.50 bits per heavy atom. The SMILES string of the molecule is Cl.Nc1ncn(Cc2ccccc2)n1. The Kier molecular flexibility index (Phi) is 3.48. The molecule has 4 nitrogen and oxygen atoms in total. The number of nitrogens with two attached hydrogens (primary N) is 1. The number of hydrogen-bond donors (Lipinski definition) is 1. The van der Waals surface area contributed by atoms with E-state index in [4.69, 9.17) is 5.73 Å². The number of hydrogen-bond acceptors (Lipinski definition) is 3. The van der Waals surface area contributed by atoms with Crippen LogP contribution in [-0.4, -0.2) is 14.8 Å². The van der Waals surface area contributed by atoms with E-state index in [1.54, 1.807) is 11.0 Å². The molecule has 0 aliphatic carbocycles. The van der Waals surface area contributed by atoms with Crippen LogP contribution < -0.4 is 5.73 Å². The summed E-state index contributed by atoms with van der Waals surface area (Å²) in [6, 6.07) is 10.1. The Balaban J connectivity index is 0.000000980. The van der Waals surface area contributed by atoms with Gasteiger partial charge in [-0.05, 0) is 5.56 Å². The van der Waals surface area contributed by atoms with Gasteiger partial charge in [-0.15, -0.1) is 17.5 Å². The second-order valence-electron chi connectivity index (χ2n) is 2.79. The summed E-state index contributed by atoms with van der Waals surface area (Å²) in [6.45, 7) is 0.713. The first kappa shape index (κ1) is 10.5. The highest BCUT2D eigenvalue weighted by Crippen LogP contribution is 2.01. The first-order valence-electron chi connectivity index (χ1n) is 4.03. The molecule has 0 aliphatic heterocycles. The highest BCUT2D eigenvalue weighted by Gasteiger charge is 1.96. The number of rotatable bonds is 2. The Morgan fingerprint density at radius 2 is 1.93 bits per heavy atom. The van der Waals surface area contributed by atoms with Crippen molar-refractivity contribution in [2.45, 2.75) is 6.54 Å². The van der Waals surface area contributed by atoms with E-state index in [2.05, 4.69) is 10.1 Å². The zero-order valence-corrected chi connectivity index (χ0v) is 8.31. The predicted molar refractivity (Wildman–Crippen MR) is 57.2 cm³/mol. The molecule has 0 saturated heterocycles. The van der Waals surface area contributed by atoms with Gasteiger partial charge in [0.15, 0.2) is 0 Å². The lowest BCUT2D eigenvalue weighted by molar-refractivity contribution is 0.687. The molecule has 1 heterocycles. The largest absolute Gasteiger partial charge is 0.367 e. The van der Waals surface area contributed by atoms with Crippen molar-refractivity contribution in [3.05, 3.63) is 42.2 Å². The summed E-state index contributed by atoms with van der Waals surface area (Å²) in [7, 11) is 0. The summed E-state index contributed by atoms with van der Waals surface area (Å²) in [5.41, 5.74) is 6.58. The molecule has 2 N–H and O–H groups in total. The number of anilines is 1. The summed E-state index contributed by atoms with van der Waals surface area (Å²) in [4.78, 5) is 3.84. The predicted octanol–water partition coefficient (Wildman–Crippen LogP) is 1.33. The fourth-order valence-corrected chi connectivity index (χ4v) is 1.16. The smallest absolute Gasteiger partial charge is 0.239 e. The van der Waals surface area contributed by atoms with Crippen molar-refractivity contribution >= 4 is 18.4 Å². The number of benzene rings is 1. The first-order chi connectivity index (χ1) is 6.34. The van der Waals surface area contributed by atoms with Crippen LogP contribution in [0.1, 0.15) is 5.56 Å². The summed E-state index contributed by atoms with van der Waals surface area (Å²) < 4.78 is 1.71. The Hall–Kier alpha value is -1.55. The van der Waals surface area contributed by atoms with E-state index in [-0.39, 0.29) is 12.4 Å². The maximum Gasteiger partial charge on any atom is 0.239 e. The van der Waals surface area contributed by atoms with Gasteiger partial charge in [0.25, 0.3) is 0 Å². The minimum absolute atomic E-state index is 0. The summed E-state index contributed by atoms with van der Waals surface area (Å²) in [6.07, 6.45) is 1.63. The van der Waals surface area contributed by atoms with Crippen LogP contribution in [0.15, 0.2) is 36.7 Å². The molecule has 1 aromatic heterocycles. The fraction of sp³-hybridized carbons (Fsp3) is 0.111. The van der Waals surface area contributed by atoms with Crippen molar-refractivity contribution in [3.8, 4) is 0 Å². The van der Waals surface area contributed by atoms with Crippen LogP contribution in [0.4, 0.5) is 5.95 Å². The van der Waals surface area contributed by atoms with Crippen molar-refractivity contribution in [3.63, 3.8) is 0 Å². The van der Waals surface area contributed by atoms with Crippen molar-refractivity contribution < 1.29 is 0 Å². The second kappa shape index (κ2) is 4.62. The molecule has 0 spiro atoms. The van der Waals surface area contributed by atoms with E-state index in [1.165, 1.54) is 5.56 Å². The first-order valence-corrected chi connectivity index (χ1v) is 4.03. The fourth-order valence-electron chi connectivity index (χ4n) is 1.16. The average molecular weight is 211 g/mol. The van der Waals surface area contributed by atoms with Crippen LogP contribution in [0.5, 0.6) is 0 Å². The highest BCUT2D eigenvalue weighted by atomic mass is 35.5. The van der Waals surface area contributed by atoms with E-state index in [1.807, 2.05) is 30.3 Å². The van der Waals surface area contributed by atoms with Crippen LogP contribution in [0.25, 0.3) is 0 Å². The van der Waals surface area contributed by atoms with Crippen LogP contribution in [0, 0.1) is 0 Å². The molecule has 0 bridgehead atoms. The molecule has 1 aromatic carbocycles. The van der Waals surface area contributed by atoms with Gasteiger partial charge in [0.2, 0.25) is 5.95 Å². The topological polar surface area (TPSA) is 56.7 Å². The normalized spacial score (nSPS) is 9.43. The van der Waals surface area contributed by atoms with E-state index >= 15 is 0 Å². The molecular weight excluding hydrogens is 200 g/mol. The molecular formula is C9H11ClN4. The van der Waals surface area contributed by atoms with Gasteiger partial charge in [0.05, 0.1) is 6.54 Å². The van der Waals surface area contributed by atoms with E-state index in [0.717, 1.165) is 0 Å². The molecule has 0 atom stereocenters. The van der Waals surface area contributed by atoms with Gasteiger partial charge in [0, 0.05) is 0 Å². The van der Waals surface area contributed by atoms with Crippen molar-refractivity contribution in [2.24, 2.45) is 0 Å². The molecule has 2 rings (SSSR count). The lowest BCUT2D eigenvalue weighted by Gasteiger charge is -1.98. The molecule has 0 unspecified atom stereocenters. The monoisotopic (exact) mass is 210 g/mol. The van der Waals surface area contributed by atoms with Gasteiger partial charge < -0.3 is 5.73 Å². The highest BCUT2D eigenvalue weighted by molar-refractivity contribution is 5.85. The van der Waals surface area contributed by atoms with Crippen LogP contribution in [0.3, 0.4) is 0 Å². The molecule has 5 heteroatoms.